The smallest absolute Gasteiger partial charge is 0.254 e. The van der Waals surface area contributed by atoms with Gasteiger partial charge in [-0.05, 0) is 25.1 Å². The second-order valence-corrected chi connectivity index (χ2v) is 6.36. The molecule has 6 nitrogen and oxygen atoms in total. The normalized spacial score (nSPS) is 14.2. The fourth-order valence-corrected chi connectivity index (χ4v) is 3.33. The average Bonchev–Trinajstić information content (AvgIpc) is 3.15. The molecule has 0 aliphatic carbocycles. The van der Waals surface area contributed by atoms with Gasteiger partial charge in [-0.1, -0.05) is 23.7 Å². The molecule has 136 valence electrons. The van der Waals surface area contributed by atoms with Gasteiger partial charge >= 0.3 is 0 Å². The predicted molar refractivity (Wildman–Crippen MR) is 95.4 cm³/mol. The lowest BCUT2D eigenvalue weighted by molar-refractivity contribution is 0.0748. The molecule has 2 heterocycles. The molecule has 2 aromatic carbocycles. The van der Waals surface area contributed by atoms with Crippen LogP contribution in [0.15, 0.2) is 30.3 Å². The Balaban J connectivity index is 1.60. The average molecular weight is 376 g/mol. The van der Waals surface area contributed by atoms with Crippen LogP contribution in [-0.2, 0) is 6.54 Å². The summed E-state index contributed by atoms with van der Waals surface area (Å²) in [7, 11) is 0. The number of benzene rings is 2. The number of carbonyl (C=O) groups is 1. The molecule has 0 bridgehead atoms. The Morgan fingerprint density at radius 1 is 1.08 bits per heavy atom. The van der Waals surface area contributed by atoms with Crippen LogP contribution >= 0.6 is 11.6 Å². The summed E-state index contributed by atoms with van der Waals surface area (Å²) in [5, 5.41) is 0.369. The van der Waals surface area contributed by atoms with E-state index in [-0.39, 0.29) is 12.7 Å². The molecule has 0 saturated carbocycles. The molecule has 0 spiro atoms. The molecule has 0 aromatic heterocycles. The van der Waals surface area contributed by atoms with Crippen LogP contribution in [0.3, 0.4) is 0 Å². The summed E-state index contributed by atoms with van der Waals surface area (Å²) in [5.74, 6) is 2.25. The van der Waals surface area contributed by atoms with Crippen molar-refractivity contribution in [2.45, 2.75) is 13.5 Å². The summed E-state index contributed by atoms with van der Waals surface area (Å²) in [6.07, 6.45) is 0. The highest BCUT2D eigenvalue weighted by Gasteiger charge is 2.24. The lowest BCUT2D eigenvalue weighted by atomic mass is 10.1. The van der Waals surface area contributed by atoms with Gasteiger partial charge in [0.1, 0.15) is 13.2 Å². The van der Waals surface area contributed by atoms with Crippen molar-refractivity contribution in [2.75, 3.05) is 26.6 Å². The Morgan fingerprint density at radius 2 is 1.92 bits per heavy atom. The van der Waals surface area contributed by atoms with Gasteiger partial charge in [-0.2, -0.15) is 0 Å². The lowest BCUT2D eigenvalue weighted by Gasteiger charge is -2.25. The molecule has 26 heavy (non-hydrogen) atoms. The van der Waals surface area contributed by atoms with E-state index in [9.17, 15) is 4.79 Å². The van der Waals surface area contributed by atoms with E-state index in [1.807, 2.05) is 25.1 Å². The van der Waals surface area contributed by atoms with Crippen LogP contribution < -0.4 is 18.9 Å². The van der Waals surface area contributed by atoms with Crippen LogP contribution in [0.1, 0.15) is 22.8 Å². The van der Waals surface area contributed by atoms with Crippen LogP contribution in [0.2, 0.25) is 5.02 Å². The maximum atomic E-state index is 13.0. The van der Waals surface area contributed by atoms with E-state index in [0.29, 0.717) is 59.9 Å². The fraction of sp³-hybridized carbons (Fsp3) is 0.316. The van der Waals surface area contributed by atoms with Crippen molar-refractivity contribution in [1.29, 1.82) is 0 Å². The van der Waals surface area contributed by atoms with Crippen molar-refractivity contribution in [3.05, 3.63) is 46.5 Å². The SMILES string of the molecule is CCN(Cc1cccc2c1OCCO2)C(=O)c1cc(Cl)c2c(c1)OCO2. The molecule has 0 radical (unpaired) electrons. The molecule has 0 fully saturated rings. The molecular weight excluding hydrogens is 358 g/mol. The predicted octanol–water partition coefficient (Wildman–Crippen LogP) is 3.50. The molecule has 2 aliphatic rings. The third-order valence-electron chi connectivity index (χ3n) is 4.35. The molecule has 2 aromatic rings. The lowest BCUT2D eigenvalue weighted by Crippen LogP contribution is -2.31. The first-order chi connectivity index (χ1) is 12.7. The van der Waals surface area contributed by atoms with Crippen molar-refractivity contribution in [3.63, 3.8) is 0 Å². The zero-order valence-electron chi connectivity index (χ0n) is 14.3. The number of hydrogen-bond donors (Lipinski definition) is 0. The van der Waals surface area contributed by atoms with Gasteiger partial charge in [-0.25, -0.2) is 0 Å². The Hall–Kier alpha value is -2.60. The molecule has 4 rings (SSSR count). The Bertz CT molecular complexity index is 854. The van der Waals surface area contributed by atoms with Gasteiger partial charge < -0.3 is 23.8 Å². The molecule has 0 unspecified atom stereocenters. The number of halogens is 1. The molecule has 1 amide bonds. The Morgan fingerprint density at radius 3 is 2.77 bits per heavy atom. The number of nitrogens with zero attached hydrogens (tertiary/aromatic N) is 1. The zero-order valence-corrected chi connectivity index (χ0v) is 15.0. The highest BCUT2D eigenvalue weighted by atomic mass is 35.5. The summed E-state index contributed by atoms with van der Waals surface area (Å²) in [6.45, 7) is 4.02. The number of amides is 1. The van der Waals surface area contributed by atoms with Crippen molar-refractivity contribution >= 4 is 17.5 Å². The van der Waals surface area contributed by atoms with Gasteiger partial charge in [0.2, 0.25) is 6.79 Å². The molecule has 0 saturated heterocycles. The minimum absolute atomic E-state index is 0.109. The first-order valence-corrected chi connectivity index (χ1v) is 8.81. The molecule has 7 heteroatoms. The van der Waals surface area contributed by atoms with E-state index in [0.717, 1.165) is 5.56 Å². The zero-order chi connectivity index (χ0) is 18.1. The molecule has 2 aliphatic heterocycles. The first-order valence-electron chi connectivity index (χ1n) is 8.43. The van der Waals surface area contributed by atoms with Gasteiger partial charge in [0.05, 0.1) is 5.02 Å². The van der Waals surface area contributed by atoms with E-state index in [1.165, 1.54) is 0 Å². The quantitative estimate of drug-likeness (QED) is 0.818. The van der Waals surface area contributed by atoms with E-state index in [4.69, 9.17) is 30.5 Å². The van der Waals surface area contributed by atoms with Crippen molar-refractivity contribution in [3.8, 4) is 23.0 Å². The van der Waals surface area contributed by atoms with Gasteiger partial charge in [-0.15, -0.1) is 0 Å². The summed E-state index contributed by atoms with van der Waals surface area (Å²) < 4.78 is 22.0. The van der Waals surface area contributed by atoms with Gasteiger partial charge in [-0.3, -0.25) is 4.79 Å². The van der Waals surface area contributed by atoms with Crippen LogP contribution in [0, 0.1) is 0 Å². The first kappa shape index (κ1) is 16.8. The monoisotopic (exact) mass is 375 g/mol. The second kappa shape index (κ2) is 6.96. The van der Waals surface area contributed by atoms with Gasteiger partial charge in [0.25, 0.3) is 5.91 Å². The van der Waals surface area contributed by atoms with Crippen LogP contribution in [0.4, 0.5) is 0 Å². The summed E-state index contributed by atoms with van der Waals surface area (Å²) >= 11 is 6.21. The van der Waals surface area contributed by atoms with E-state index in [2.05, 4.69) is 0 Å². The topological polar surface area (TPSA) is 57.2 Å². The Labute approximate surface area is 156 Å². The van der Waals surface area contributed by atoms with Crippen LogP contribution in [0.5, 0.6) is 23.0 Å². The minimum atomic E-state index is -0.137. The van der Waals surface area contributed by atoms with Crippen molar-refractivity contribution in [2.24, 2.45) is 0 Å². The fourth-order valence-electron chi connectivity index (χ4n) is 3.06. The third-order valence-corrected chi connectivity index (χ3v) is 4.63. The number of para-hydroxylation sites is 1. The van der Waals surface area contributed by atoms with Crippen molar-refractivity contribution < 1.29 is 23.7 Å². The van der Waals surface area contributed by atoms with Crippen molar-refractivity contribution in [1.82, 2.24) is 4.90 Å². The molecule has 0 atom stereocenters. The molecular formula is C19H18ClNO5. The number of hydrogen-bond acceptors (Lipinski definition) is 5. The standard InChI is InChI=1S/C19H18ClNO5/c1-2-21(10-12-4-3-5-15-17(12)24-7-6-23-15)19(22)13-8-14(20)18-16(9-13)25-11-26-18/h3-5,8-9H,2,6-7,10-11H2,1H3. The van der Waals surface area contributed by atoms with E-state index >= 15 is 0 Å². The second-order valence-electron chi connectivity index (χ2n) is 5.95. The van der Waals surface area contributed by atoms with Gasteiger partial charge in [0.15, 0.2) is 23.0 Å². The number of rotatable bonds is 4. The largest absolute Gasteiger partial charge is 0.486 e. The Kier molecular flexibility index (Phi) is 4.51. The van der Waals surface area contributed by atoms with Crippen LogP contribution in [0.25, 0.3) is 0 Å². The summed E-state index contributed by atoms with van der Waals surface area (Å²) in [4.78, 5) is 14.7. The summed E-state index contributed by atoms with van der Waals surface area (Å²) in [6, 6.07) is 8.99. The number of fused-ring (bicyclic) bond motifs is 2. The summed E-state index contributed by atoms with van der Waals surface area (Å²) in [5.41, 5.74) is 1.37. The minimum Gasteiger partial charge on any atom is -0.486 e. The van der Waals surface area contributed by atoms with Gasteiger partial charge in [0, 0.05) is 24.2 Å². The molecule has 0 N–H and O–H groups in total. The van der Waals surface area contributed by atoms with E-state index < -0.39 is 0 Å². The highest BCUT2D eigenvalue weighted by molar-refractivity contribution is 6.32. The number of carbonyl (C=O) groups excluding carboxylic acids is 1. The van der Waals surface area contributed by atoms with Crippen LogP contribution in [-0.4, -0.2) is 37.4 Å². The maximum absolute atomic E-state index is 13.0. The third kappa shape index (κ3) is 3.01. The highest BCUT2D eigenvalue weighted by Crippen LogP contribution is 2.40. The maximum Gasteiger partial charge on any atom is 0.254 e. The van der Waals surface area contributed by atoms with E-state index in [1.54, 1.807) is 17.0 Å². The number of ether oxygens (including phenoxy) is 4.